The van der Waals surface area contributed by atoms with Gasteiger partial charge in [0.05, 0.1) is 35.7 Å². The van der Waals surface area contributed by atoms with Crippen molar-refractivity contribution in [1.29, 1.82) is 0 Å². The molecule has 0 spiro atoms. The quantitative estimate of drug-likeness (QED) is 0.0675. The Morgan fingerprint density at radius 3 is 1.52 bits per heavy atom. The van der Waals surface area contributed by atoms with Crippen molar-refractivity contribution < 1.29 is 29.6 Å². The number of ketones is 1. The van der Waals surface area contributed by atoms with E-state index in [1.807, 2.05) is 153 Å². The van der Waals surface area contributed by atoms with Crippen LogP contribution in [0.5, 0.6) is 11.5 Å². The molecule has 0 saturated carbocycles. The molecule has 8 rings (SSSR count). The lowest BCUT2D eigenvalue weighted by Gasteiger charge is -2.12. The van der Waals surface area contributed by atoms with E-state index in [4.69, 9.17) is 20.9 Å². The monoisotopic (exact) mass is 936 g/mol. The van der Waals surface area contributed by atoms with Crippen LogP contribution in [0.3, 0.4) is 0 Å². The van der Waals surface area contributed by atoms with Crippen LogP contribution < -0.4 is 20.9 Å². The Kier molecular flexibility index (Phi) is 18.1. The van der Waals surface area contributed by atoms with Gasteiger partial charge in [-0.1, -0.05) is 147 Å². The van der Waals surface area contributed by atoms with Gasteiger partial charge in [-0.15, -0.1) is 0 Å². The number of ether oxygens (including phenoxy) is 2. The highest BCUT2D eigenvalue weighted by molar-refractivity contribution is 9.09. The van der Waals surface area contributed by atoms with Gasteiger partial charge in [-0.2, -0.15) is 0 Å². The smallest absolute Gasteiger partial charge is 0.173 e. The lowest BCUT2D eigenvalue weighted by Crippen LogP contribution is -2.21. The number of hydrogen-bond acceptors (Lipinski definition) is 8. The summed E-state index contributed by atoms with van der Waals surface area (Å²) in [6, 6.07) is 47.0. The number of carbonyl (C=O) groups is 1. The highest BCUT2D eigenvalue weighted by atomic mass is 79.9. The summed E-state index contributed by atoms with van der Waals surface area (Å²) in [5.74, 6) is 1.58. The molecule has 7 N–H and O–H groups in total. The largest absolute Gasteiger partial charge is 0.489 e. The second-order valence-corrected chi connectivity index (χ2v) is 16.1. The Labute approximate surface area is 370 Å². The molecule has 0 saturated heterocycles. The zero-order valence-electron chi connectivity index (χ0n) is 34.0. The summed E-state index contributed by atoms with van der Waals surface area (Å²) in [7, 11) is 0. The standard InChI is InChI=1S/C16H17BrO2.C16H15BrO2.2C9H11NO/c2*1-12-7-14(16(18)10-17)9-15(8-12)19-11-13-5-3-2-4-6-13;2*10-9-7-4-2-1-3-6(7)5-8(9)11/h2-9,16,18H,10-11H2,1H3;2-9H,10-11H2,1H3;2*1-4,8-9,11H,5,10H2/t;;2*8-,9+/m..10/s1. The second-order valence-electron chi connectivity index (χ2n) is 14.9. The van der Waals surface area contributed by atoms with E-state index in [1.165, 1.54) is 11.1 Å². The van der Waals surface area contributed by atoms with Gasteiger partial charge in [-0.25, -0.2) is 0 Å². The number of hydrogen-bond donors (Lipinski definition) is 5. The number of halogens is 2. The molecule has 2 aliphatic carbocycles. The van der Waals surface area contributed by atoms with Gasteiger partial charge >= 0.3 is 0 Å². The van der Waals surface area contributed by atoms with Crippen LogP contribution in [-0.4, -0.2) is 44.0 Å². The van der Waals surface area contributed by atoms with E-state index in [9.17, 15) is 20.1 Å². The van der Waals surface area contributed by atoms with Crippen molar-refractivity contribution in [3.63, 3.8) is 0 Å². The molecule has 0 aromatic heterocycles. The lowest BCUT2D eigenvalue weighted by atomic mass is 10.1. The second kappa shape index (κ2) is 23.4. The minimum atomic E-state index is -0.501. The number of benzene rings is 6. The first kappa shape index (κ1) is 46.4. The van der Waals surface area contributed by atoms with Crippen LogP contribution in [-0.2, 0) is 26.1 Å². The van der Waals surface area contributed by atoms with Gasteiger partial charge in [0.25, 0.3) is 0 Å². The van der Waals surface area contributed by atoms with Gasteiger partial charge in [0.1, 0.15) is 24.7 Å². The summed E-state index contributed by atoms with van der Waals surface area (Å²) < 4.78 is 11.5. The Bertz CT molecular complexity index is 2200. The average Bonchev–Trinajstić information content (AvgIpc) is 3.74. The van der Waals surface area contributed by atoms with Crippen LogP contribution >= 0.6 is 31.9 Å². The molecule has 2 aliphatic rings. The minimum Gasteiger partial charge on any atom is -0.489 e. The Balaban J connectivity index is 0.000000156. The van der Waals surface area contributed by atoms with Crippen LogP contribution in [0, 0.1) is 13.8 Å². The molecule has 0 fully saturated rings. The third kappa shape index (κ3) is 13.7. The molecule has 0 heterocycles. The number of alkyl halides is 2. The number of Topliss-reactive ketones (excluding diaryl/α,β-unsaturated/α-hetero) is 1. The Morgan fingerprint density at radius 1 is 0.633 bits per heavy atom. The third-order valence-electron chi connectivity index (χ3n) is 10.1. The molecule has 0 aliphatic heterocycles. The van der Waals surface area contributed by atoms with Crippen LogP contribution in [0.4, 0.5) is 0 Å². The number of aliphatic hydroxyl groups is 3. The molecule has 1 unspecified atom stereocenters. The van der Waals surface area contributed by atoms with Crippen LogP contribution in [0.1, 0.15) is 78.6 Å². The molecule has 6 aromatic carbocycles. The summed E-state index contributed by atoms with van der Waals surface area (Å²) in [5.41, 5.74) is 22.0. The molecule has 0 radical (unpaired) electrons. The first-order chi connectivity index (χ1) is 28.9. The zero-order valence-corrected chi connectivity index (χ0v) is 37.1. The van der Waals surface area contributed by atoms with Crippen molar-refractivity contribution in [2.45, 2.75) is 70.3 Å². The number of fused-ring (bicyclic) bond motifs is 2. The molecule has 314 valence electrons. The van der Waals surface area contributed by atoms with Gasteiger partial charge in [0, 0.05) is 23.7 Å². The van der Waals surface area contributed by atoms with E-state index in [0.29, 0.717) is 42.3 Å². The van der Waals surface area contributed by atoms with Gasteiger partial charge in [-0.05, 0) is 94.3 Å². The molecular formula is C50H54Br2N2O6. The fraction of sp³-hybridized carbons (Fsp3) is 0.260. The van der Waals surface area contributed by atoms with Crippen molar-refractivity contribution in [2.24, 2.45) is 11.5 Å². The van der Waals surface area contributed by atoms with E-state index in [0.717, 1.165) is 50.4 Å². The lowest BCUT2D eigenvalue weighted by molar-refractivity contribution is 0.102. The number of carbonyl (C=O) groups excluding carboxylic acids is 1. The van der Waals surface area contributed by atoms with Gasteiger partial charge in [0.2, 0.25) is 0 Å². The molecule has 6 aromatic rings. The van der Waals surface area contributed by atoms with E-state index >= 15 is 0 Å². The highest BCUT2D eigenvalue weighted by Gasteiger charge is 2.27. The van der Waals surface area contributed by atoms with Crippen molar-refractivity contribution in [3.8, 4) is 11.5 Å². The number of rotatable bonds is 10. The zero-order chi connectivity index (χ0) is 43.0. The van der Waals surface area contributed by atoms with Crippen LogP contribution in [0.15, 0.2) is 146 Å². The first-order valence-corrected chi connectivity index (χ1v) is 22.1. The van der Waals surface area contributed by atoms with E-state index in [-0.39, 0.29) is 30.1 Å². The molecule has 0 bridgehead atoms. The summed E-state index contributed by atoms with van der Waals surface area (Å²) in [5, 5.41) is 29.5. The molecule has 8 nitrogen and oxygen atoms in total. The maximum Gasteiger partial charge on any atom is 0.173 e. The molecule has 0 amide bonds. The summed E-state index contributed by atoms with van der Waals surface area (Å²) in [4.78, 5) is 11.7. The average molecular weight is 939 g/mol. The topological polar surface area (TPSA) is 148 Å². The van der Waals surface area contributed by atoms with Crippen LogP contribution in [0.25, 0.3) is 0 Å². The predicted molar refractivity (Wildman–Crippen MR) is 247 cm³/mol. The van der Waals surface area contributed by atoms with Crippen molar-refractivity contribution >= 4 is 37.6 Å². The molecule has 5 atom stereocenters. The van der Waals surface area contributed by atoms with Crippen LogP contribution in [0.2, 0.25) is 0 Å². The minimum absolute atomic E-state index is 0.0632. The number of aryl methyl sites for hydroxylation is 2. The van der Waals surface area contributed by atoms with Gasteiger partial charge in [0.15, 0.2) is 5.78 Å². The Hall–Kier alpha value is -4.65. The van der Waals surface area contributed by atoms with E-state index < -0.39 is 6.10 Å². The van der Waals surface area contributed by atoms with Gasteiger partial charge in [-0.3, -0.25) is 4.79 Å². The first-order valence-electron chi connectivity index (χ1n) is 19.9. The maximum absolute atomic E-state index is 11.7. The number of aliphatic hydroxyl groups excluding tert-OH is 3. The highest BCUT2D eigenvalue weighted by Crippen LogP contribution is 2.30. The normalized spacial score (nSPS) is 17.6. The van der Waals surface area contributed by atoms with Gasteiger partial charge < -0.3 is 36.3 Å². The molecule has 60 heavy (non-hydrogen) atoms. The fourth-order valence-corrected chi connectivity index (χ4v) is 7.60. The van der Waals surface area contributed by atoms with Crippen molar-refractivity contribution in [1.82, 2.24) is 0 Å². The third-order valence-corrected chi connectivity index (χ3v) is 11.2. The molecular weight excluding hydrogens is 884 g/mol. The van der Waals surface area contributed by atoms with Crippen molar-refractivity contribution in [3.05, 3.63) is 201 Å². The fourth-order valence-electron chi connectivity index (χ4n) is 6.90. The summed E-state index contributed by atoms with van der Waals surface area (Å²) in [6.45, 7) is 5.00. The SMILES string of the molecule is Cc1cc(OCc2ccccc2)cc(C(=O)CBr)c1.Cc1cc(OCc2ccccc2)cc(C(O)CBr)c1.N[C@@H]1c2ccccc2C[C@@H]1O.N[C@H]1c2ccccc2C[C@H]1O. The van der Waals surface area contributed by atoms with E-state index in [1.54, 1.807) is 6.07 Å². The summed E-state index contributed by atoms with van der Waals surface area (Å²) >= 11 is 6.47. The van der Waals surface area contributed by atoms with E-state index in [2.05, 4.69) is 31.9 Å². The van der Waals surface area contributed by atoms with Crippen molar-refractivity contribution in [2.75, 3.05) is 10.7 Å². The maximum atomic E-state index is 11.7. The molecule has 10 heteroatoms. The predicted octanol–water partition coefficient (Wildman–Crippen LogP) is 9.36. The summed E-state index contributed by atoms with van der Waals surface area (Å²) in [6.07, 6.45) is 0.146. The number of nitrogens with two attached hydrogens (primary N) is 2. The Morgan fingerprint density at radius 2 is 1.07 bits per heavy atom.